The van der Waals surface area contributed by atoms with E-state index in [0.717, 1.165) is 11.1 Å². The number of ketones is 2. The summed E-state index contributed by atoms with van der Waals surface area (Å²) in [5.74, 6) is 1.66. The van der Waals surface area contributed by atoms with Crippen LogP contribution in [-0.4, -0.2) is 50.2 Å². The average molecular weight is 569 g/mol. The number of hydrogen-bond acceptors (Lipinski definition) is 8. The van der Waals surface area contributed by atoms with Gasteiger partial charge in [-0.3, -0.25) is 9.59 Å². The van der Waals surface area contributed by atoms with Crippen molar-refractivity contribution in [3.63, 3.8) is 0 Å². The van der Waals surface area contributed by atoms with Crippen molar-refractivity contribution in [2.24, 2.45) is 0 Å². The summed E-state index contributed by atoms with van der Waals surface area (Å²) in [4.78, 5) is 24.1. The number of phenols is 2. The van der Waals surface area contributed by atoms with E-state index in [1.165, 1.54) is 24.3 Å². The molecule has 0 unspecified atom stereocenters. The Morgan fingerprint density at radius 3 is 1.24 bits per heavy atom. The third kappa shape index (κ3) is 7.79. The van der Waals surface area contributed by atoms with E-state index in [9.17, 15) is 19.8 Å². The number of aromatic hydroxyl groups is 2. The van der Waals surface area contributed by atoms with Gasteiger partial charge < -0.3 is 29.2 Å². The van der Waals surface area contributed by atoms with Gasteiger partial charge in [0.05, 0.1) is 39.6 Å². The van der Waals surface area contributed by atoms with Crippen LogP contribution >= 0.6 is 0 Å². The van der Waals surface area contributed by atoms with Crippen molar-refractivity contribution in [3.05, 3.63) is 119 Å². The zero-order valence-electron chi connectivity index (χ0n) is 23.7. The van der Waals surface area contributed by atoms with Crippen LogP contribution in [0.15, 0.2) is 97.1 Å². The van der Waals surface area contributed by atoms with E-state index in [-0.39, 0.29) is 34.2 Å². The van der Waals surface area contributed by atoms with Gasteiger partial charge in [0.1, 0.15) is 11.5 Å². The minimum Gasteiger partial charge on any atom is -0.507 e. The van der Waals surface area contributed by atoms with E-state index in [1.54, 1.807) is 89.1 Å². The summed E-state index contributed by atoms with van der Waals surface area (Å²) in [5, 5.41) is 19.3. The van der Waals surface area contributed by atoms with Crippen LogP contribution in [-0.2, 0) is 0 Å². The van der Waals surface area contributed by atoms with Crippen LogP contribution in [0.2, 0.25) is 0 Å². The quantitative estimate of drug-likeness (QED) is 0.162. The van der Waals surface area contributed by atoms with Crippen molar-refractivity contribution in [2.45, 2.75) is 0 Å². The lowest BCUT2D eigenvalue weighted by Crippen LogP contribution is -1.95. The fourth-order valence-corrected chi connectivity index (χ4v) is 3.96. The van der Waals surface area contributed by atoms with Gasteiger partial charge in [-0.05, 0) is 60.7 Å². The van der Waals surface area contributed by atoms with Crippen LogP contribution in [0.1, 0.15) is 31.8 Å². The maximum Gasteiger partial charge on any atom is 0.189 e. The Morgan fingerprint density at radius 2 is 0.905 bits per heavy atom. The van der Waals surface area contributed by atoms with Crippen molar-refractivity contribution in [2.75, 3.05) is 28.4 Å². The highest BCUT2D eigenvalue weighted by molar-refractivity contribution is 6.09. The maximum atomic E-state index is 12.1. The number of carbonyl (C=O) groups excluding carboxylic acids is 2. The Kier molecular flexibility index (Phi) is 11.3. The Morgan fingerprint density at radius 1 is 0.524 bits per heavy atom. The molecule has 4 aromatic carbocycles. The summed E-state index contributed by atoms with van der Waals surface area (Å²) < 4.78 is 21.0. The summed E-state index contributed by atoms with van der Waals surface area (Å²) in [6.07, 6.45) is 6.06. The van der Waals surface area contributed by atoms with Gasteiger partial charge >= 0.3 is 0 Å². The van der Waals surface area contributed by atoms with Gasteiger partial charge in [0, 0.05) is 11.1 Å². The Hall–Kier alpha value is -5.50. The molecule has 0 fully saturated rings. The number of benzene rings is 4. The maximum absolute atomic E-state index is 12.1. The highest BCUT2D eigenvalue weighted by atomic mass is 16.5. The van der Waals surface area contributed by atoms with Gasteiger partial charge in [0.15, 0.2) is 34.6 Å². The highest BCUT2D eigenvalue weighted by Gasteiger charge is 2.11. The molecule has 0 amide bonds. The molecule has 0 aliphatic heterocycles. The van der Waals surface area contributed by atoms with Gasteiger partial charge in [-0.25, -0.2) is 0 Å². The van der Waals surface area contributed by atoms with E-state index in [1.807, 2.05) is 24.3 Å². The van der Waals surface area contributed by atoms with Crippen molar-refractivity contribution in [1.82, 2.24) is 0 Å². The number of hydrogen-bond donors (Lipinski definition) is 2. The topological polar surface area (TPSA) is 112 Å². The second-order valence-corrected chi connectivity index (χ2v) is 8.59. The molecule has 0 aromatic heterocycles. The molecule has 4 aromatic rings. The molecule has 0 atom stereocenters. The van der Waals surface area contributed by atoms with Crippen molar-refractivity contribution >= 4 is 23.7 Å². The Labute approximate surface area is 244 Å². The number of rotatable bonds is 10. The minimum absolute atomic E-state index is 0.0373. The number of para-hydroxylation sites is 4. The van der Waals surface area contributed by atoms with Gasteiger partial charge in [0.25, 0.3) is 0 Å². The van der Waals surface area contributed by atoms with Crippen LogP contribution in [0.4, 0.5) is 0 Å². The van der Waals surface area contributed by atoms with Crippen molar-refractivity contribution in [3.8, 4) is 34.5 Å². The molecule has 0 heterocycles. The van der Waals surface area contributed by atoms with Gasteiger partial charge in [-0.15, -0.1) is 0 Å². The molecule has 0 aliphatic carbocycles. The number of methoxy groups -OCH3 is 4. The third-order valence-electron chi connectivity index (χ3n) is 6.03. The predicted molar refractivity (Wildman–Crippen MR) is 162 cm³/mol. The van der Waals surface area contributed by atoms with Gasteiger partial charge in [-0.2, -0.15) is 0 Å². The largest absolute Gasteiger partial charge is 0.507 e. The first-order valence-corrected chi connectivity index (χ1v) is 12.8. The summed E-state index contributed by atoms with van der Waals surface area (Å²) >= 11 is 0. The molecule has 0 bridgehead atoms. The van der Waals surface area contributed by atoms with Crippen molar-refractivity contribution in [1.29, 1.82) is 0 Å². The van der Waals surface area contributed by atoms with E-state index < -0.39 is 0 Å². The molecule has 0 spiro atoms. The molecule has 0 saturated heterocycles. The molecule has 216 valence electrons. The smallest absolute Gasteiger partial charge is 0.189 e. The normalized spacial score (nSPS) is 10.6. The van der Waals surface area contributed by atoms with E-state index in [0.29, 0.717) is 23.0 Å². The molecule has 8 heteroatoms. The first-order chi connectivity index (χ1) is 20.3. The summed E-state index contributed by atoms with van der Waals surface area (Å²) in [7, 11) is 6.19. The second kappa shape index (κ2) is 15.3. The molecular weight excluding hydrogens is 536 g/mol. The molecule has 4 rings (SSSR count). The van der Waals surface area contributed by atoms with E-state index >= 15 is 0 Å². The number of phenolic OH excluding ortho intramolecular Hbond substituents is 2. The van der Waals surface area contributed by atoms with Gasteiger partial charge in [0.2, 0.25) is 0 Å². The lowest BCUT2D eigenvalue weighted by Gasteiger charge is -2.09. The molecule has 0 aliphatic rings. The third-order valence-corrected chi connectivity index (χ3v) is 6.03. The lowest BCUT2D eigenvalue weighted by molar-refractivity contribution is 0.103. The van der Waals surface area contributed by atoms with Crippen molar-refractivity contribution < 1.29 is 38.7 Å². The molecule has 8 nitrogen and oxygen atoms in total. The summed E-state index contributed by atoms with van der Waals surface area (Å²) in [5.41, 5.74) is 1.97. The van der Waals surface area contributed by atoms with E-state index in [4.69, 9.17) is 18.9 Å². The standard InChI is InChI=1S/2C17H16O4/c2*1-20-16-9-5-6-12(17(16)21-2)10-11-15(19)13-7-3-4-8-14(13)18/h2*3-11,18H,1-2H3. The minimum atomic E-state index is -0.280. The molecule has 0 saturated carbocycles. The first-order valence-electron chi connectivity index (χ1n) is 12.8. The van der Waals surface area contributed by atoms with Crippen LogP contribution in [0.5, 0.6) is 34.5 Å². The van der Waals surface area contributed by atoms with Crippen LogP contribution in [0.3, 0.4) is 0 Å². The summed E-state index contributed by atoms with van der Waals surface area (Å²) in [6.45, 7) is 0. The Balaban J connectivity index is 0.000000230. The molecular formula is C34H32O8. The lowest BCUT2D eigenvalue weighted by atomic mass is 10.1. The summed E-state index contributed by atoms with van der Waals surface area (Å²) in [6, 6.07) is 23.7. The van der Waals surface area contributed by atoms with Crippen LogP contribution in [0, 0.1) is 0 Å². The molecule has 0 radical (unpaired) electrons. The second-order valence-electron chi connectivity index (χ2n) is 8.59. The number of allylic oxidation sites excluding steroid dienone is 2. The van der Waals surface area contributed by atoms with E-state index in [2.05, 4.69) is 0 Å². The van der Waals surface area contributed by atoms with Crippen LogP contribution < -0.4 is 18.9 Å². The molecule has 2 N–H and O–H groups in total. The molecule has 42 heavy (non-hydrogen) atoms. The SMILES string of the molecule is COc1cccc(C=CC(=O)c2ccccc2O)c1OC.COc1cccc(C=CC(=O)c2ccccc2O)c1OC. The fourth-order valence-electron chi connectivity index (χ4n) is 3.96. The number of ether oxygens (including phenoxy) is 4. The highest BCUT2D eigenvalue weighted by Crippen LogP contribution is 2.32. The zero-order chi connectivity index (χ0) is 30.5. The monoisotopic (exact) mass is 568 g/mol. The first kappa shape index (κ1) is 31.0. The average Bonchev–Trinajstić information content (AvgIpc) is 3.02. The Bertz CT molecular complexity index is 1470. The fraction of sp³-hybridized carbons (Fsp3) is 0.118. The zero-order valence-corrected chi connectivity index (χ0v) is 23.7. The van der Waals surface area contributed by atoms with Gasteiger partial charge in [-0.1, -0.05) is 48.5 Å². The van der Waals surface area contributed by atoms with Crippen LogP contribution in [0.25, 0.3) is 12.2 Å². The number of carbonyl (C=O) groups is 2. The predicted octanol–water partition coefficient (Wildman–Crippen LogP) is 6.61.